The van der Waals surface area contributed by atoms with Crippen molar-refractivity contribution in [1.29, 1.82) is 0 Å². The van der Waals surface area contributed by atoms with E-state index in [-0.39, 0.29) is 22.2 Å². The molecule has 1 aromatic heterocycles. The Labute approximate surface area is 138 Å². The Kier molecular flexibility index (Phi) is 4.79. The SMILES string of the molecule is Cc1oc(C(=O)NC2(C(=O)O)CCSC2)cc1S(=O)(=O)N(C)C. The molecule has 1 aliphatic rings. The molecular weight excluding hydrogens is 344 g/mol. The van der Waals surface area contributed by atoms with Gasteiger partial charge in [0.05, 0.1) is 0 Å². The molecule has 0 aromatic carbocycles. The van der Waals surface area contributed by atoms with Crippen LogP contribution in [0.5, 0.6) is 0 Å². The number of furan rings is 1. The molecule has 0 spiro atoms. The van der Waals surface area contributed by atoms with Crippen molar-refractivity contribution in [3.63, 3.8) is 0 Å². The van der Waals surface area contributed by atoms with Crippen LogP contribution in [0, 0.1) is 6.92 Å². The summed E-state index contributed by atoms with van der Waals surface area (Å²) in [5.41, 5.74) is -1.34. The monoisotopic (exact) mass is 362 g/mol. The summed E-state index contributed by atoms with van der Waals surface area (Å²) in [4.78, 5) is 23.6. The molecule has 1 aromatic rings. The quantitative estimate of drug-likeness (QED) is 0.784. The molecule has 1 fully saturated rings. The third kappa shape index (κ3) is 3.24. The van der Waals surface area contributed by atoms with Gasteiger partial charge in [0, 0.05) is 25.9 Å². The van der Waals surface area contributed by atoms with E-state index in [1.165, 1.54) is 32.8 Å². The van der Waals surface area contributed by atoms with E-state index in [2.05, 4.69) is 5.32 Å². The van der Waals surface area contributed by atoms with Gasteiger partial charge in [-0.05, 0) is 19.1 Å². The molecule has 2 N–H and O–H groups in total. The van der Waals surface area contributed by atoms with Gasteiger partial charge in [-0.1, -0.05) is 0 Å². The zero-order valence-electron chi connectivity index (χ0n) is 13.0. The number of aryl methyl sites for hydroxylation is 1. The highest BCUT2D eigenvalue weighted by atomic mass is 32.2. The molecule has 8 nitrogen and oxygen atoms in total. The fourth-order valence-corrected chi connectivity index (χ4v) is 4.57. The minimum atomic E-state index is -3.74. The van der Waals surface area contributed by atoms with E-state index in [4.69, 9.17) is 4.42 Å². The molecular formula is C13H18N2O6S2. The molecule has 2 heterocycles. The van der Waals surface area contributed by atoms with Crippen molar-refractivity contribution < 1.29 is 27.5 Å². The number of carboxylic acids is 1. The second kappa shape index (κ2) is 6.17. The van der Waals surface area contributed by atoms with Gasteiger partial charge in [-0.2, -0.15) is 11.8 Å². The molecule has 2 rings (SSSR count). The summed E-state index contributed by atoms with van der Waals surface area (Å²) < 4.78 is 30.5. The average Bonchev–Trinajstić information content (AvgIpc) is 3.06. The Morgan fingerprint density at radius 2 is 2.09 bits per heavy atom. The fourth-order valence-electron chi connectivity index (χ4n) is 2.19. The summed E-state index contributed by atoms with van der Waals surface area (Å²) in [6.45, 7) is 1.44. The highest BCUT2D eigenvalue weighted by Gasteiger charge is 2.44. The zero-order chi connectivity index (χ0) is 17.4. The van der Waals surface area contributed by atoms with Gasteiger partial charge in [0.1, 0.15) is 16.2 Å². The van der Waals surface area contributed by atoms with Crippen molar-refractivity contribution in [2.75, 3.05) is 25.6 Å². The third-order valence-corrected chi connectivity index (χ3v) is 6.75. The summed E-state index contributed by atoms with van der Waals surface area (Å²) in [6.07, 6.45) is 0.307. The number of sulfonamides is 1. The van der Waals surface area contributed by atoms with Crippen LogP contribution in [0.4, 0.5) is 0 Å². The Morgan fingerprint density at radius 1 is 1.43 bits per heavy atom. The molecule has 0 saturated carbocycles. The minimum absolute atomic E-state index is 0.0778. The lowest BCUT2D eigenvalue weighted by Gasteiger charge is -2.23. The first-order valence-corrected chi connectivity index (χ1v) is 9.36. The van der Waals surface area contributed by atoms with Gasteiger partial charge in [-0.3, -0.25) is 4.79 Å². The average molecular weight is 362 g/mol. The standard InChI is InChI=1S/C13H18N2O6S2/c1-8-10(23(19,20)15(2)3)6-9(21-8)11(16)14-13(12(17)18)4-5-22-7-13/h6H,4-5,7H2,1-3H3,(H,14,16)(H,17,18). The number of aliphatic carboxylic acids is 1. The van der Waals surface area contributed by atoms with Crippen LogP contribution in [0.3, 0.4) is 0 Å². The van der Waals surface area contributed by atoms with Crippen LogP contribution >= 0.6 is 11.8 Å². The second-order valence-electron chi connectivity index (χ2n) is 5.46. The molecule has 23 heavy (non-hydrogen) atoms. The molecule has 0 radical (unpaired) electrons. The molecule has 10 heteroatoms. The van der Waals surface area contributed by atoms with Crippen LogP contribution in [0.2, 0.25) is 0 Å². The number of nitrogens with one attached hydrogen (secondary N) is 1. The smallest absolute Gasteiger partial charge is 0.330 e. The Bertz CT molecular complexity index is 732. The van der Waals surface area contributed by atoms with E-state index in [0.717, 1.165) is 10.4 Å². The van der Waals surface area contributed by atoms with Gasteiger partial charge in [-0.25, -0.2) is 17.5 Å². The molecule has 1 aliphatic heterocycles. The number of thioether (sulfide) groups is 1. The van der Waals surface area contributed by atoms with Crippen LogP contribution in [-0.2, 0) is 14.8 Å². The Balaban J connectivity index is 2.30. The first-order valence-electron chi connectivity index (χ1n) is 6.77. The van der Waals surface area contributed by atoms with Crippen molar-refractivity contribution in [3.05, 3.63) is 17.6 Å². The van der Waals surface area contributed by atoms with Gasteiger partial charge < -0.3 is 14.8 Å². The molecule has 1 amide bonds. The molecule has 128 valence electrons. The van der Waals surface area contributed by atoms with Gasteiger partial charge in [0.25, 0.3) is 5.91 Å². The number of hydrogen-bond donors (Lipinski definition) is 2. The topological polar surface area (TPSA) is 117 Å². The number of carbonyl (C=O) groups is 2. The highest BCUT2D eigenvalue weighted by molar-refractivity contribution is 7.99. The molecule has 1 unspecified atom stereocenters. The van der Waals surface area contributed by atoms with Crippen LogP contribution in [0.25, 0.3) is 0 Å². The van der Waals surface area contributed by atoms with Gasteiger partial charge >= 0.3 is 5.97 Å². The van der Waals surface area contributed by atoms with Gasteiger partial charge in [0.15, 0.2) is 5.76 Å². The van der Waals surface area contributed by atoms with Crippen LogP contribution in [-0.4, -0.2) is 60.8 Å². The lowest BCUT2D eigenvalue weighted by Crippen LogP contribution is -2.54. The lowest BCUT2D eigenvalue weighted by molar-refractivity contribution is -0.143. The fraction of sp³-hybridized carbons (Fsp3) is 0.538. The zero-order valence-corrected chi connectivity index (χ0v) is 14.6. The maximum absolute atomic E-state index is 12.3. The summed E-state index contributed by atoms with van der Waals surface area (Å²) >= 11 is 1.43. The predicted molar refractivity (Wildman–Crippen MR) is 84.1 cm³/mol. The minimum Gasteiger partial charge on any atom is -0.479 e. The van der Waals surface area contributed by atoms with Crippen molar-refractivity contribution in [2.45, 2.75) is 23.8 Å². The predicted octanol–water partition coefficient (Wildman–Crippen LogP) is 0.528. The van der Waals surface area contributed by atoms with E-state index in [9.17, 15) is 23.1 Å². The van der Waals surface area contributed by atoms with E-state index >= 15 is 0 Å². The summed E-state index contributed by atoms with van der Waals surface area (Å²) in [7, 11) is -0.996. The van der Waals surface area contributed by atoms with Crippen LogP contribution < -0.4 is 5.32 Å². The Morgan fingerprint density at radius 3 is 2.57 bits per heavy atom. The van der Waals surface area contributed by atoms with Crippen LogP contribution in [0.1, 0.15) is 22.7 Å². The van der Waals surface area contributed by atoms with E-state index in [0.29, 0.717) is 12.2 Å². The molecule has 1 saturated heterocycles. The summed E-state index contributed by atoms with van der Waals surface area (Å²) in [6, 6.07) is 1.12. The van der Waals surface area contributed by atoms with Crippen molar-refractivity contribution in [2.24, 2.45) is 0 Å². The number of hydrogen-bond acceptors (Lipinski definition) is 6. The van der Waals surface area contributed by atoms with Crippen molar-refractivity contribution in [3.8, 4) is 0 Å². The normalized spacial score (nSPS) is 21.6. The van der Waals surface area contributed by atoms with Crippen molar-refractivity contribution in [1.82, 2.24) is 9.62 Å². The maximum atomic E-state index is 12.3. The molecule has 0 bridgehead atoms. The number of rotatable bonds is 5. The second-order valence-corrected chi connectivity index (χ2v) is 8.69. The van der Waals surface area contributed by atoms with Crippen molar-refractivity contribution >= 4 is 33.7 Å². The first kappa shape index (κ1) is 17.8. The van der Waals surface area contributed by atoms with Gasteiger partial charge in [-0.15, -0.1) is 0 Å². The third-order valence-electron chi connectivity index (χ3n) is 3.64. The number of nitrogens with zero attached hydrogens (tertiary/aromatic N) is 1. The van der Waals surface area contributed by atoms with Gasteiger partial charge in [0.2, 0.25) is 10.0 Å². The van der Waals surface area contributed by atoms with E-state index in [1.54, 1.807) is 0 Å². The van der Waals surface area contributed by atoms with E-state index in [1.807, 2.05) is 0 Å². The summed E-state index contributed by atoms with van der Waals surface area (Å²) in [5.74, 6) is -1.10. The summed E-state index contributed by atoms with van der Waals surface area (Å²) in [5, 5.41) is 11.8. The molecule has 1 atom stereocenters. The number of carboxylic acid groups (broad SMARTS) is 1. The van der Waals surface area contributed by atoms with Crippen LogP contribution in [0.15, 0.2) is 15.4 Å². The molecule has 0 aliphatic carbocycles. The highest BCUT2D eigenvalue weighted by Crippen LogP contribution is 2.29. The number of amides is 1. The number of carbonyl (C=O) groups excluding carboxylic acids is 1. The maximum Gasteiger partial charge on any atom is 0.330 e. The van der Waals surface area contributed by atoms with E-state index < -0.39 is 27.4 Å². The Hall–Kier alpha value is -1.52. The first-order chi connectivity index (χ1) is 10.6. The largest absolute Gasteiger partial charge is 0.479 e. The lowest BCUT2D eigenvalue weighted by atomic mass is 9.99.